The van der Waals surface area contributed by atoms with Gasteiger partial charge >= 0.3 is 0 Å². The third-order valence-electron chi connectivity index (χ3n) is 0.810. The van der Waals surface area contributed by atoms with Crippen LogP contribution in [0, 0.1) is 6.07 Å². The number of nitrogen functional groups attached to an aromatic ring is 1. The smallest absolute Gasteiger partial charge is 0.125 e. The Bertz CT molecular complexity index is 168. The van der Waals surface area contributed by atoms with Gasteiger partial charge in [0.15, 0.2) is 0 Å². The van der Waals surface area contributed by atoms with Crippen LogP contribution in [-0.2, 0) is 0 Å². The lowest BCUT2D eigenvalue weighted by Gasteiger charge is -1.89. The highest BCUT2D eigenvalue weighted by Crippen LogP contribution is 2.09. The molecule has 0 aromatic heterocycles. The molecule has 0 aliphatic heterocycles. The summed E-state index contributed by atoms with van der Waals surface area (Å²) in [6, 6.07) is 7.23. The highest BCUT2D eigenvalue weighted by atomic mass is 16.3. The summed E-state index contributed by atoms with van der Waals surface area (Å²) in [5, 5.41) is 8.68. The summed E-state index contributed by atoms with van der Waals surface area (Å²) in [6.45, 7) is 0. The molecule has 1 aromatic rings. The quantitative estimate of drug-likeness (QED) is 0.482. The van der Waals surface area contributed by atoms with Gasteiger partial charge in [-0.3, -0.25) is 0 Å². The van der Waals surface area contributed by atoms with Gasteiger partial charge in [-0.1, -0.05) is 0 Å². The van der Waals surface area contributed by atoms with Crippen LogP contribution in [0.5, 0.6) is 5.75 Å². The Kier molecular flexibility index (Phi) is 1.08. The topological polar surface area (TPSA) is 46.2 Å². The molecule has 3 N–H and O–H groups in total. The van der Waals surface area contributed by atoms with Crippen LogP contribution in [0.15, 0.2) is 18.2 Å². The van der Waals surface area contributed by atoms with E-state index in [1.165, 1.54) is 6.07 Å². The number of anilines is 1. The van der Waals surface area contributed by atoms with Crippen LogP contribution in [0.1, 0.15) is 0 Å². The maximum atomic E-state index is 8.68. The number of phenolic OH excluding ortho intramolecular Hbond substituents is 1. The monoisotopic (exact) mass is 108 g/mol. The van der Waals surface area contributed by atoms with Crippen LogP contribution in [-0.4, -0.2) is 5.11 Å². The fourth-order valence-corrected chi connectivity index (χ4v) is 0.471. The van der Waals surface area contributed by atoms with Gasteiger partial charge in [-0.15, -0.1) is 0 Å². The summed E-state index contributed by atoms with van der Waals surface area (Å²) in [6.07, 6.45) is 0. The molecule has 0 saturated heterocycles. The van der Waals surface area contributed by atoms with Gasteiger partial charge in [-0.2, -0.15) is 0 Å². The van der Waals surface area contributed by atoms with Crippen molar-refractivity contribution in [1.29, 1.82) is 0 Å². The standard InChI is InChI=1S/C6H6NO/c7-5-2-1-3-6(8)4-5/h1-2,4,8H,7H2. The van der Waals surface area contributed by atoms with E-state index in [0.717, 1.165) is 0 Å². The van der Waals surface area contributed by atoms with Crippen molar-refractivity contribution < 1.29 is 5.11 Å². The zero-order chi connectivity index (χ0) is 5.98. The summed E-state index contributed by atoms with van der Waals surface area (Å²) in [7, 11) is 0. The van der Waals surface area contributed by atoms with Gasteiger partial charge in [0.05, 0.1) is 0 Å². The Morgan fingerprint density at radius 2 is 2.38 bits per heavy atom. The predicted octanol–water partition coefficient (Wildman–Crippen LogP) is 0.775. The lowest BCUT2D eigenvalue weighted by molar-refractivity contribution is 0.474. The van der Waals surface area contributed by atoms with Crippen molar-refractivity contribution in [3.63, 3.8) is 0 Å². The lowest BCUT2D eigenvalue weighted by atomic mass is 10.3. The van der Waals surface area contributed by atoms with Crippen LogP contribution in [0.25, 0.3) is 0 Å². The third kappa shape index (κ3) is 0.904. The number of rotatable bonds is 0. The van der Waals surface area contributed by atoms with Gasteiger partial charge in [0.2, 0.25) is 0 Å². The van der Waals surface area contributed by atoms with E-state index in [2.05, 4.69) is 6.07 Å². The van der Waals surface area contributed by atoms with Crippen LogP contribution in [0.2, 0.25) is 0 Å². The lowest BCUT2D eigenvalue weighted by Crippen LogP contribution is -1.80. The molecule has 2 heteroatoms. The second-order valence-electron chi connectivity index (χ2n) is 1.51. The first-order valence-electron chi connectivity index (χ1n) is 2.25. The van der Waals surface area contributed by atoms with Gasteiger partial charge in [0.25, 0.3) is 0 Å². The molecule has 0 saturated carbocycles. The molecule has 0 fully saturated rings. The molecule has 8 heavy (non-hydrogen) atoms. The van der Waals surface area contributed by atoms with E-state index in [1.807, 2.05) is 0 Å². The minimum Gasteiger partial charge on any atom is -0.507 e. The van der Waals surface area contributed by atoms with Crippen molar-refractivity contribution in [3.8, 4) is 5.75 Å². The Morgan fingerprint density at radius 1 is 1.62 bits per heavy atom. The molecule has 0 bridgehead atoms. The minimum absolute atomic E-state index is 0.0880. The molecule has 0 aliphatic carbocycles. The zero-order valence-electron chi connectivity index (χ0n) is 4.26. The first kappa shape index (κ1) is 4.97. The maximum Gasteiger partial charge on any atom is 0.125 e. The first-order chi connectivity index (χ1) is 3.79. The molecule has 0 aliphatic rings. The molecule has 1 aromatic carbocycles. The van der Waals surface area contributed by atoms with E-state index in [4.69, 9.17) is 10.8 Å². The molecule has 0 atom stereocenters. The average molecular weight is 108 g/mol. The third-order valence-corrected chi connectivity index (χ3v) is 0.810. The van der Waals surface area contributed by atoms with Gasteiger partial charge in [0, 0.05) is 17.8 Å². The van der Waals surface area contributed by atoms with Crippen LogP contribution >= 0.6 is 0 Å². The van der Waals surface area contributed by atoms with E-state index in [0.29, 0.717) is 5.69 Å². The molecule has 1 rings (SSSR count). The van der Waals surface area contributed by atoms with Crippen molar-refractivity contribution in [2.24, 2.45) is 0 Å². The highest BCUT2D eigenvalue weighted by molar-refractivity contribution is 5.42. The molecule has 2 nitrogen and oxygen atoms in total. The minimum atomic E-state index is 0.0880. The number of hydrogen-bond donors (Lipinski definition) is 2. The summed E-state index contributed by atoms with van der Waals surface area (Å²) < 4.78 is 0. The van der Waals surface area contributed by atoms with Crippen molar-refractivity contribution in [3.05, 3.63) is 24.3 Å². The SMILES string of the molecule is Nc1cc[c]c(O)c1. The van der Waals surface area contributed by atoms with Crippen LogP contribution in [0.4, 0.5) is 5.69 Å². The summed E-state index contributed by atoms with van der Waals surface area (Å²) in [5.74, 6) is 0.0880. The maximum absolute atomic E-state index is 8.68. The second-order valence-corrected chi connectivity index (χ2v) is 1.51. The molecule has 0 heterocycles. The molecular formula is C6H6NO. The van der Waals surface area contributed by atoms with Gasteiger partial charge < -0.3 is 10.8 Å². The van der Waals surface area contributed by atoms with E-state index in [1.54, 1.807) is 12.1 Å². The van der Waals surface area contributed by atoms with Crippen molar-refractivity contribution >= 4 is 5.69 Å². The first-order valence-corrected chi connectivity index (χ1v) is 2.25. The highest BCUT2D eigenvalue weighted by Gasteiger charge is 1.84. The Labute approximate surface area is 47.6 Å². The van der Waals surface area contributed by atoms with Crippen LogP contribution in [0.3, 0.4) is 0 Å². The Morgan fingerprint density at radius 3 is 2.75 bits per heavy atom. The van der Waals surface area contributed by atoms with Crippen molar-refractivity contribution in [2.75, 3.05) is 5.73 Å². The van der Waals surface area contributed by atoms with E-state index in [-0.39, 0.29) is 5.75 Å². The average Bonchev–Trinajstić information content (AvgIpc) is 1.64. The zero-order valence-corrected chi connectivity index (χ0v) is 4.26. The van der Waals surface area contributed by atoms with Gasteiger partial charge in [-0.25, -0.2) is 0 Å². The van der Waals surface area contributed by atoms with E-state index < -0.39 is 0 Å². The number of nitrogens with two attached hydrogens (primary N) is 1. The van der Waals surface area contributed by atoms with Gasteiger partial charge in [0.1, 0.15) is 5.75 Å². The molecule has 41 valence electrons. The summed E-state index contributed by atoms with van der Waals surface area (Å²) in [5.41, 5.74) is 5.84. The molecule has 0 unspecified atom stereocenters. The van der Waals surface area contributed by atoms with Crippen molar-refractivity contribution in [2.45, 2.75) is 0 Å². The van der Waals surface area contributed by atoms with E-state index >= 15 is 0 Å². The van der Waals surface area contributed by atoms with Gasteiger partial charge in [-0.05, 0) is 12.1 Å². The molecule has 1 radical (unpaired) electrons. The summed E-state index contributed by atoms with van der Waals surface area (Å²) >= 11 is 0. The number of aromatic hydroxyl groups is 1. The fourth-order valence-electron chi connectivity index (χ4n) is 0.471. The Hall–Kier alpha value is -1.18. The predicted molar refractivity (Wildman–Crippen MR) is 31.4 cm³/mol. The van der Waals surface area contributed by atoms with E-state index in [9.17, 15) is 0 Å². The number of hydrogen-bond acceptors (Lipinski definition) is 2. The second kappa shape index (κ2) is 1.74. The molecular weight excluding hydrogens is 102 g/mol. The molecule has 0 spiro atoms. The fraction of sp³-hybridized carbons (Fsp3) is 0. The van der Waals surface area contributed by atoms with Crippen LogP contribution < -0.4 is 5.73 Å². The largest absolute Gasteiger partial charge is 0.507 e. The normalized spacial score (nSPS) is 9.00. The summed E-state index contributed by atoms with van der Waals surface area (Å²) in [4.78, 5) is 0. The van der Waals surface area contributed by atoms with Crippen molar-refractivity contribution in [1.82, 2.24) is 0 Å². The molecule has 0 amide bonds. The Balaban J connectivity index is 3.08. The number of benzene rings is 1. The number of phenols is 1.